The van der Waals surface area contributed by atoms with Crippen LogP contribution in [0.3, 0.4) is 0 Å². The lowest BCUT2D eigenvalue weighted by Crippen LogP contribution is -2.53. The molecule has 4 rings (SSSR count). The SMILES string of the molecule is COCCCn1nc(C)c2c(C)cc([C@@H](C)N(C3CC3)C(O)[C@H]3CNCCO3)cc21. The maximum atomic E-state index is 11.2. The number of aromatic nitrogens is 2. The summed E-state index contributed by atoms with van der Waals surface area (Å²) >= 11 is 0. The third-order valence-electron chi connectivity index (χ3n) is 6.46. The van der Waals surface area contributed by atoms with Gasteiger partial charge in [0.2, 0.25) is 0 Å². The molecule has 1 saturated heterocycles. The molecule has 30 heavy (non-hydrogen) atoms. The molecule has 1 saturated carbocycles. The van der Waals surface area contributed by atoms with E-state index < -0.39 is 6.23 Å². The highest BCUT2D eigenvalue weighted by Crippen LogP contribution is 2.38. The molecular formula is C23H36N4O3. The number of nitrogens with one attached hydrogen (secondary N) is 1. The number of hydrogen-bond acceptors (Lipinski definition) is 6. The Hall–Kier alpha value is -1.51. The van der Waals surface area contributed by atoms with E-state index in [1.54, 1.807) is 7.11 Å². The van der Waals surface area contributed by atoms with Crippen LogP contribution in [-0.4, -0.2) is 71.6 Å². The van der Waals surface area contributed by atoms with Gasteiger partial charge in [-0.1, -0.05) is 6.07 Å². The predicted molar refractivity (Wildman–Crippen MR) is 118 cm³/mol. The third kappa shape index (κ3) is 4.41. The Morgan fingerprint density at radius 1 is 1.37 bits per heavy atom. The van der Waals surface area contributed by atoms with Gasteiger partial charge in [-0.2, -0.15) is 5.10 Å². The molecule has 2 fully saturated rings. The van der Waals surface area contributed by atoms with E-state index in [1.165, 1.54) is 22.0 Å². The van der Waals surface area contributed by atoms with Crippen molar-refractivity contribution in [3.63, 3.8) is 0 Å². The molecule has 2 aliphatic rings. The van der Waals surface area contributed by atoms with Crippen LogP contribution in [0.1, 0.15) is 49.0 Å². The molecule has 2 aromatic rings. The zero-order valence-electron chi connectivity index (χ0n) is 18.7. The predicted octanol–water partition coefficient (Wildman–Crippen LogP) is 2.52. The van der Waals surface area contributed by atoms with Crippen molar-refractivity contribution in [1.29, 1.82) is 0 Å². The normalized spacial score (nSPS) is 22.0. The topological polar surface area (TPSA) is 71.8 Å². The van der Waals surface area contributed by atoms with Crippen molar-refractivity contribution >= 4 is 10.9 Å². The Morgan fingerprint density at radius 2 is 2.17 bits per heavy atom. The van der Waals surface area contributed by atoms with Crippen LogP contribution in [0.5, 0.6) is 0 Å². The maximum Gasteiger partial charge on any atom is 0.135 e. The van der Waals surface area contributed by atoms with E-state index in [0.29, 0.717) is 19.2 Å². The van der Waals surface area contributed by atoms with Gasteiger partial charge in [-0.3, -0.25) is 9.58 Å². The maximum absolute atomic E-state index is 11.2. The summed E-state index contributed by atoms with van der Waals surface area (Å²) in [6.45, 7) is 10.2. The summed E-state index contributed by atoms with van der Waals surface area (Å²) in [4.78, 5) is 2.26. The van der Waals surface area contributed by atoms with E-state index in [-0.39, 0.29) is 12.1 Å². The van der Waals surface area contributed by atoms with Gasteiger partial charge in [0, 0.05) is 50.8 Å². The first-order valence-electron chi connectivity index (χ1n) is 11.3. The zero-order valence-corrected chi connectivity index (χ0v) is 18.7. The Labute approximate surface area is 179 Å². The van der Waals surface area contributed by atoms with E-state index in [0.717, 1.165) is 44.7 Å². The lowest BCUT2D eigenvalue weighted by Gasteiger charge is -2.39. The molecule has 3 atom stereocenters. The highest BCUT2D eigenvalue weighted by atomic mass is 16.5. The Bertz CT molecular complexity index is 858. The van der Waals surface area contributed by atoms with E-state index >= 15 is 0 Å². The van der Waals surface area contributed by atoms with Crippen LogP contribution in [0, 0.1) is 13.8 Å². The van der Waals surface area contributed by atoms with Crippen molar-refractivity contribution < 1.29 is 14.6 Å². The second kappa shape index (κ2) is 9.32. The lowest BCUT2D eigenvalue weighted by atomic mass is 9.99. The summed E-state index contributed by atoms with van der Waals surface area (Å²) in [7, 11) is 1.74. The number of methoxy groups -OCH3 is 1. The number of morpholine rings is 1. The van der Waals surface area contributed by atoms with E-state index in [4.69, 9.17) is 14.6 Å². The number of aryl methyl sites for hydroxylation is 3. The number of ether oxygens (including phenoxy) is 2. The van der Waals surface area contributed by atoms with Gasteiger partial charge in [0.15, 0.2) is 0 Å². The van der Waals surface area contributed by atoms with Gasteiger partial charge in [-0.15, -0.1) is 0 Å². The molecule has 2 N–H and O–H groups in total. The molecule has 1 aromatic carbocycles. The molecule has 166 valence electrons. The van der Waals surface area contributed by atoms with Crippen LogP contribution in [0.4, 0.5) is 0 Å². The molecule has 2 heterocycles. The summed E-state index contributed by atoms with van der Waals surface area (Å²) < 4.78 is 13.2. The average Bonchev–Trinajstić information content (AvgIpc) is 3.52. The highest BCUT2D eigenvalue weighted by Gasteiger charge is 2.40. The summed E-state index contributed by atoms with van der Waals surface area (Å²) in [5, 5.41) is 20.6. The molecule has 1 aliphatic carbocycles. The zero-order chi connectivity index (χ0) is 21.3. The summed E-state index contributed by atoms with van der Waals surface area (Å²) in [5.41, 5.74) is 4.71. The second-order valence-corrected chi connectivity index (χ2v) is 8.77. The fraction of sp³-hybridized carbons (Fsp3) is 0.696. The Balaban J connectivity index is 1.63. The average molecular weight is 417 g/mol. The van der Waals surface area contributed by atoms with Crippen LogP contribution in [0.15, 0.2) is 12.1 Å². The van der Waals surface area contributed by atoms with E-state index in [1.807, 2.05) is 0 Å². The number of hydrogen-bond donors (Lipinski definition) is 2. The van der Waals surface area contributed by atoms with Gasteiger partial charge >= 0.3 is 0 Å². The molecular weight excluding hydrogens is 380 g/mol. The van der Waals surface area contributed by atoms with Crippen LogP contribution in [0.25, 0.3) is 10.9 Å². The van der Waals surface area contributed by atoms with Gasteiger partial charge in [0.25, 0.3) is 0 Å². The van der Waals surface area contributed by atoms with Crippen molar-refractivity contribution in [1.82, 2.24) is 20.0 Å². The van der Waals surface area contributed by atoms with Crippen molar-refractivity contribution in [3.05, 3.63) is 29.0 Å². The molecule has 1 aliphatic heterocycles. The third-order valence-corrected chi connectivity index (χ3v) is 6.46. The number of benzene rings is 1. The number of nitrogens with zero attached hydrogens (tertiary/aromatic N) is 3. The minimum atomic E-state index is -0.607. The molecule has 0 bridgehead atoms. The molecule has 0 amide bonds. The van der Waals surface area contributed by atoms with Crippen molar-refractivity contribution in [2.75, 3.05) is 33.4 Å². The highest BCUT2D eigenvalue weighted by molar-refractivity contribution is 5.86. The summed E-state index contributed by atoms with van der Waals surface area (Å²) in [6, 6.07) is 5.05. The number of aliphatic hydroxyl groups is 1. The molecule has 1 aromatic heterocycles. The van der Waals surface area contributed by atoms with Crippen molar-refractivity contribution in [3.8, 4) is 0 Å². The largest absolute Gasteiger partial charge is 0.385 e. The standard InChI is InChI=1S/C23H36N4O3/c1-15-12-18(13-20-22(15)16(2)25-26(20)9-5-10-29-4)17(3)27(19-6-7-19)23(28)21-14-24-8-11-30-21/h12-13,17,19,21,23-24,28H,5-11,14H2,1-4H3/t17-,21-,23?/m1/s1. The molecule has 1 unspecified atom stereocenters. The number of aliphatic hydroxyl groups excluding tert-OH is 1. The first-order valence-corrected chi connectivity index (χ1v) is 11.3. The van der Waals surface area contributed by atoms with Gasteiger partial charge in [0.05, 0.1) is 17.8 Å². The first kappa shape index (κ1) is 21.7. The van der Waals surface area contributed by atoms with Crippen LogP contribution in [-0.2, 0) is 16.0 Å². The van der Waals surface area contributed by atoms with Crippen LogP contribution < -0.4 is 5.32 Å². The van der Waals surface area contributed by atoms with Crippen LogP contribution in [0.2, 0.25) is 0 Å². The summed E-state index contributed by atoms with van der Waals surface area (Å²) in [6.07, 6.45) is 2.41. The molecule has 7 nitrogen and oxygen atoms in total. The molecule has 7 heteroatoms. The molecule has 0 radical (unpaired) electrons. The molecule has 0 spiro atoms. The monoisotopic (exact) mass is 416 g/mol. The number of rotatable bonds is 9. The Morgan fingerprint density at radius 3 is 2.83 bits per heavy atom. The van der Waals surface area contributed by atoms with Crippen LogP contribution >= 0.6 is 0 Å². The van der Waals surface area contributed by atoms with Gasteiger partial charge < -0.3 is 19.9 Å². The van der Waals surface area contributed by atoms with E-state index in [2.05, 4.69) is 47.8 Å². The Kier molecular flexibility index (Phi) is 6.75. The fourth-order valence-electron chi connectivity index (χ4n) is 4.80. The number of fused-ring (bicyclic) bond motifs is 1. The smallest absolute Gasteiger partial charge is 0.135 e. The second-order valence-electron chi connectivity index (χ2n) is 8.77. The minimum Gasteiger partial charge on any atom is -0.385 e. The van der Waals surface area contributed by atoms with Crippen molar-refractivity contribution in [2.45, 2.75) is 71.0 Å². The summed E-state index contributed by atoms with van der Waals surface area (Å²) in [5.74, 6) is 0. The van der Waals surface area contributed by atoms with Gasteiger partial charge in [-0.05, 0) is 57.2 Å². The fourth-order valence-corrected chi connectivity index (χ4v) is 4.80. The van der Waals surface area contributed by atoms with Gasteiger partial charge in [-0.25, -0.2) is 0 Å². The van der Waals surface area contributed by atoms with Gasteiger partial charge in [0.1, 0.15) is 12.3 Å². The van der Waals surface area contributed by atoms with Crippen molar-refractivity contribution in [2.24, 2.45) is 0 Å². The first-order chi connectivity index (χ1) is 14.5. The van der Waals surface area contributed by atoms with E-state index in [9.17, 15) is 5.11 Å². The quantitative estimate of drug-likeness (QED) is 0.484. The minimum absolute atomic E-state index is 0.101. The lowest BCUT2D eigenvalue weighted by molar-refractivity contribution is -0.135.